The Kier molecular flexibility index (Phi) is 4.30. The van der Waals surface area contributed by atoms with Crippen LogP contribution in [-0.2, 0) is 10.9 Å². The summed E-state index contributed by atoms with van der Waals surface area (Å²) in [7, 11) is 0. The van der Waals surface area contributed by atoms with Gasteiger partial charge in [0.15, 0.2) is 11.5 Å². The third-order valence-electron chi connectivity index (χ3n) is 2.76. The van der Waals surface area contributed by atoms with Gasteiger partial charge in [0.1, 0.15) is 5.69 Å². The maximum atomic E-state index is 12.9. The van der Waals surface area contributed by atoms with Crippen LogP contribution >= 0.6 is 0 Å². The predicted octanol–water partition coefficient (Wildman–Crippen LogP) is 2.84. The second-order valence-electron chi connectivity index (χ2n) is 4.25. The molecule has 0 fully saturated rings. The predicted molar refractivity (Wildman–Crippen MR) is 69.4 cm³/mol. The fourth-order valence-electron chi connectivity index (χ4n) is 1.82. The average Bonchev–Trinajstić information content (AvgIpc) is 2.96. The number of carbonyl (C=O) groups excluding carboxylic acids is 2. The van der Waals surface area contributed by atoms with Crippen LogP contribution in [0.4, 0.5) is 13.2 Å². The van der Waals surface area contributed by atoms with Crippen LogP contribution in [0.5, 0.6) is 0 Å². The SMILES string of the molecule is CCOC(=O)c1cc(C(=O)c2cccnc2C(F)(F)F)c[nH]1. The van der Waals surface area contributed by atoms with Crippen LogP contribution in [0.3, 0.4) is 0 Å². The number of hydrogen-bond donors (Lipinski definition) is 1. The summed E-state index contributed by atoms with van der Waals surface area (Å²) in [5, 5.41) is 0. The standard InChI is InChI=1S/C14H11F3N2O3/c1-2-22-13(21)10-6-8(7-19-10)11(20)9-4-3-5-18-12(9)14(15,16)17/h3-7,19H,2H2,1H3. The van der Waals surface area contributed by atoms with E-state index in [-0.39, 0.29) is 17.9 Å². The van der Waals surface area contributed by atoms with Crippen molar-refractivity contribution >= 4 is 11.8 Å². The van der Waals surface area contributed by atoms with Crippen LogP contribution < -0.4 is 0 Å². The highest BCUT2D eigenvalue weighted by Crippen LogP contribution is 2.31. The van der Waals surface area contributed by atoms with Gasteiger partial charge in [-0.1, -0.05) is 0 Å². The summed E-state index contributed by atoms with van der Waals surface area (Å²) in [6.45, 7) is 1.75. The smallest absolute Gasteiger partial charge is 0.434 e. The first-order valence-corrected chi connectivity index (χ1v) is 6.27. The average molecular weight is 312 g/mol. The largest absolute Gasteiger partial charge is 0.461 e. The minimum atomic E-state index is -4.74. The molecule has 0 bridgehead atoms. The molecule has 0 aliphatic rings. The van der Waals surface area contributed by atoms with Gasteiger partial charge in [0, 0.05) is 18.0 Å². The van der Waals surface area contributed by atoms with Crippen LogP contribution in [0, 0.1) is 0 Å². The van der Waals surface area contributed by atoms with Crippen LogP contribution in [-0.4, -0.2) is 28.3 Å². The molecule has 0 aliphatic heterocycles. The molecule has 0 amide bonds. The summed E-state index contributed by atoms with van der Waals surface area (Å²) in [5.41, 5.74) is -1.94. The molecule has 2 aromatic heterocycles. The van der Waals surface area contributed by atoms with Crippen molar-refractivity contribution in [3.8, 4) is 0 Å². The number of esters is 1. The fraction of sp³-hybridized carbons (Fsp3) is 0.214. The Morgan fingerprint density at radius 2 is 2.09 bits per heavy atom. The number of H-pyrrole nitrogens is 1. The van der Waals surface area contributed by atoms with Crippen LogP contribution in [0.2, 0.25) is 0 Å². The highest BCUT2D eigenvalue weighted by molar-refractivity contribution is 6.10. The number of carbonyl (C=O) groups is 2. The summed E-state index contributed by atoms with van der Waals surface area (Å²) in [6, 6.07) is 3.42. The van der Waals surface area contributed by atoms with Gasteiger partial charge in [0.05, 0.1) is 12.2 Å². The number of pyridine rings is 1. The molecule has 0 atom stereocenters. The lowest BCUT2D eigenvalue weighted by Crippen LogP contribution is -2.15. The van der Waals surface area contributed by atoms with E-state index in [0.29, 0.717) is 0 Å². The van der Waals surface area contributed by atoms with Crippen molar-refractivity contribution in [3.05, 3.63) is 53.1 Å². The number of nitrogens with one attached hydrogen (secondary N) is 1. The summed E-state index contributed by atoms with van der Waals surface area (Å²) in [4.78, 5) is 29.4. The number of ketones is 1. The van der Waals surface area contributed by atoms with Crippen molar-refractivity contribution in [1.82, 2.24) is 9.97 Å². The Hall–Kier alpha value is -2.64. The van der Waals surface area contributed by atoms with Gasteiger partial charge in [0.25, 0.3) is 0 Å². The lowest BCUT2D eigenvalue weighted by molar-refractivity contribution is -0.141. The molecule has 0 unspecified atom stereocenters. The topological polar surface area (TPSA) is 72.1 Å². The number of ether oxygens (including phenoxy) is 1. The molecule has 0 aliphatic carbocycles. The number of aromatic amines is 1. The number of aromatic nitrogens is 2. The molecule has 0 saturated carbocycles. The first-order valence-electron chi connectivity index (χ1n) is 6.27. The lowest BCUT2D eigenvalue weighted by atomic mass is 10.0. The zero-order valence-electron chi connectivity index (χ0n) is 11.4. The van der Waals surface area contributed by atoms with Crippen molar-refractivity contribution < 1.29 is 27.5 Å². The summed E-state index contributed by atoms with van der Waals surface area (Å²) < 4.78 is 43.3. The minimum Gasteiger partial charge on any atom is -0.461 e. The van der Waals surface area contributed by atoms with Crippen molar-refractivity contribution in [3.63, 3.8) is 0 Å². The van der Waals surface area contributed by atoms with Gasteiger partial charge in [-0.05, 0) is 25.1 Å². The van der Waals surface area contributed by atoms with Gasteiger partial charge in [-0.25, -0.2) is 4.79 Å². The van der Waals surface area contributed by atoms with Crippen molar-refractivity contribution in [2.24, 2.45) is 0 Å². The number of halogens is 3. The third kappa shape index (κ3) is 3.16. The van der Waals surface area contributed by atoms with Gasteiger partial charge in [-0.15, -0.1) is 0 Å². The molecule has 0 spiro atoms. The minimum absolute atomic E-state index is 0.0114. The molecule has 2 heterocycles. The zero-order valence-corrected chi connectivity index (χ0v) is 11.4. The molecule has 5 nitrogen and oxygen atoms in total. The van der Waals surface area contributed by atoms with E-state index >= 15 is 0 Å². The van der Waals surface area contributed by atoms with E-state index in [0.717, 1.165) is 24.5 Å². The van der Waals surface area contributed by atoms with Crippen LogP contribution in [0.15, 0.2) is 30.6 Å². The highest BCUT2D eigenvalue weighted by Gasteiger charge is 2.37. The van der Waals surface area contributed by atoms with Crippen molar-refractivity contribution in [1.29, 1.82) is 0 Å². The summed E-state index contributed by atoms with van der Waals surface area (Å²) >= 11 is 0. The molecule has 0 saturated heterocycles. The van der Waals surface area contributed by atoms with E-state index in [1.165, 1.54) is 6.07 Å². The highest BCUT2D eigenvalue weighted by atomic mass is 19.4. The molecule has 0 aromatic carbocycles. The van der Waals surface area contributed by atoms with Crippen molar-refractivity contribution in [2.75, 3.05) is 6.61 Å². The maximum absolute atomic E-state index is 12.9. The maximum Gasteiger partial charge on any atom is 0.434 e. The van der Waals surface area contributed by atoms with E-state index in [2.05, 4.69) is 9.97 Å². The molecular weight excluding hydrogens is 301 g/mol. The van der Waals surface area contributed by atoms with E-state index < -0.39 is 29.2 Å². The summed E-state index contributed by atoms with van der Waals surface area (Å²) in [5.74, 6) is -1.57. The molecule has 116 valence electrons. The quantitative estimate of drug-likeness (QED) is 0.696. The first kappa shape index (κ1) is 15.7. The molecule has 1 N–H and O–H groups in total. The Balaban J connectivity index is 2.36. The van der Waals surface area contributed by atoms with E-state index in [4.69, 9.17) is 4.74 Å². The normalized spacial score (nSPS) is 11.3. The van der Waals surface area contributed by atoms with Crippen molar-refractivity contribution in [2.45, 2.75) is 13.1 Å². The zero-order chi connectivity index (χ0) is 16.3. The fourth-order valence-corrected chi connectivity index (χ4v) is 1.82. The van der Waals surface area contributed by atoms with Gasteiger partial charge >= 0.3 is 12.1 Å². The van der Waals surface area contributed by atoms with Gasteiger partial charge < -0.3 is 9.72 Å². The molecule has 2 rings (SSSR count). The Morgan fingerprint density at radius 3 is 2.73 bits per heavy atom. The number of hydrogen-bond acceptors (Lipinski definition) is 4. The number of rotatable bonds is 4. The van der Waals surface area contributed by atoms with E-state index in [9.17, 15) is 22.8 Å². The van der Waals surface area contributed by atoms with Crippen LogP contribution in [0.1, 0.15) is 39.0 Å². The number of alkyl halides is 3. The number of nitrogens with zero attached hydrogens (tertiary/aromatic N) is 1. The second-order valence-corrected chi connectivity index (χ2v) is 4.25. The van der Waals surface area contributed by atoms with Gasteiger partial charge in [-0.3, -0.25) is 9.78 Å². The van der Waals surface area contributed by atoms with E-state index in [1.54, 1.807) is 6.92 Å². The third-order valence-corrected chi connectivity index (χ3v) is 2.76. The molecule has 2 aromatic rings. The summed E-state index contributed by atoms with van der Waals surface area (Å²) in [6.07, 6.45) is -2.63. The Morgan fingerprint density at radius 1 is 1.36 bits per heavy atom. The lowest BCUT2D eigenvalue weighted by Gasteiger charge is -2.09. The first-order chi connectivity index (χ1) is 10.3. The van der Waals surface area contributed by atoms with E-state index in [1.807, 2.05) is 0 Å². The monoisotopic (exact) mass is 312 g/mol. The second kappa shape index (κ2) is 6.00. The molecular formula is C14H11F3N2O3. The van der Waals surface area contributed by atoms with Crippen LogP contribution in [0.25, 0.3) is 0 Å². The molecule has 8 heteroatoms. The van der Waals surface area contributed by atoms with Gasteiger partial charge in [-0.2, -0.15) is 13.2 Å². The molecule has 22 heavy (non-hydrogen) atoms. The van der Waals surface area contributed by atoms with Gasteiger partial charge in [0.2, 0.25) is 0 Å². The molecule has 0 radical (unpaired) electrons. The Bertz CT molecular complexity index is 707. The Labute approximate surface area is 123 Å².